The summed E-state index contributed by atoms with van der Waals surface area (Å²) in [5.41, 5.74) is 2.60. The largest absolute Gasteiger partial charge is 0.313 e. The second kappa shape index (κ2) is 6.60. The molecule has 19 heavy (non-hydrogen) atoms. The van der Waals surface area contributed by atoms with Crippen molar-refractivity contribution >= 4 is 27.7 Å². The lowest BCUT2D eigenvalue weighted by Crippen LogP contribution is -2.12. The molecule has 0 bridgehead atoms. The van der Waals surface area contributed by atoms with Gasteiger partial charge in [0.15, 0.2) is 0 Å². The molecule has 0 radical (unpaired) electrons. The highest BCUT2D eigenvalue weighted by atomic mass is 79.9. The second-order valence-corrected chi connectivity index (χ2v) is 6.53. The zero-order valence-electron chi connectivity index (χ0n) is 11.4. The number of hydrogen-bond donors (Lipinski definition) is 1. The first-order valence-corrected chi connectivity index (χ1v) is 7.93. The molecule has 2 rings (SSSR count). The Bertz CT molecular complexity index is 568. The third-order valence-corrected chi connectivity index (χ3v) is 5.05. The molecule has 3 heteroatoms. The van der Waals surface area contributed by atoms with Gasteiger partial charge >= 0.3 is 0 Å². The summed E-state index contributed by atoms with van der Waals surface area (Å²) >= 11 is 5.47. The predicted molar refractivity (Wildman–Crippen MR) is 86.9 cm³/mol. The van der Waals surface area contributed by atoms with Gasteiger partial charge in [-0.15, -0.1) is 0 Å². The molecule has 0 aliphatic carbocycles. The van der Waals surface area contributed by atoms with Crippen LogP contribution in [0.15, 0.2) is 56.7 Å². The molecular weight excluding hydrogens is 318 g/mol. The highest BCUT2D eigenvalue weighted by Crippen LogP contribution is 2.34. The van der Waals surface area contributed by atoms with Crippen molar-refractivity contribution < 1.29 is 0 Å². The standard InChI is InChI=1S/C16H18BrNS/c1-11-6-4-5-7-16(11)19-13-8-9-14(12(2)18-3)15(17)10-13/h4-10,12,18H,1-3H3. The first-order chi connectivity index (χ1) is 9.11. The molecule has 2 aromatic carbocycles. The Morgan fingerprint density at radius 1 is 1.16 bits per heavy atom. The number of nitrogens with one attached hydrogen (secondary N) is 1. The van der Waals surface area contributed by atoms with Crippen LogP contribution in [0.4, 0.5) is 0 Å². The summed E-state index contributed by atoms with van der Waals surface area (Å²) in [7, 11) is 1.98. The van der Waals surface area contributed by atoms with Crippen LogP contribution in [-0.2, 0) is 0 Å². The summed E-state index contributed by atoms with van der Waals surface area (Å²) in [6, 6.07) is 15.4. The van der Waals surface area contributed by atoms with Crippen LogP contribution in [0.1, 0.15) is 24.1 Å². The fraction of sp³-hybridized carbons (Fsp3) is 0.250. The van der Waals surface area contributed by atoms with E-state index in [1.54, 1.807) is 11.8 Å². The van der Waals surface area contributed by atoms with Gasteiger partial charge in [0.2, 0.25) is 0 Å². The van der Waals surface area contributed by atoms with E-state index in [1.807, 2.05) is 7.05 Å². The molecular formula is C16H18BrNS. The zero-order chi connectivity index (χ0) is 13.8. The molecule has 1 unspecified atom stereocenters. The number of halogens is 1. The topological polar surface area (TPSA) is 12.0 Å². The second-order valence-electron chi connectivity index (χ2n) is 4.56. The Labute approximate surface area is 127 Å². The Hall–Kier alpha value is -0.770. The van der Waals surface area contributed by atoms with Gasteiger partial charge in [0.25, 0.3) is 0 Å². The molecule has 1 N–H and O–H groups in total. The van der Waals surface area contributed by atoms with E-state index in [0.717, 1.165) is 4.47 Å². The van der Waals surface area contributed by atoms with Crippen LogP contribution in [0, 0.1) is 6.92 Å². The van der Waals surface area contributed by atoms with Crippen LogP contribution in [0.5, 0.6) is 0 Å². The third-order valence-electron chi connectivity index (χ3n) is 3.19. The quantitative estimate of drug-likeness (QED) is 0.825. The van der Waals surface area contributed by atoms with E-state index < -0.39 is 0 Å². The Balaban J connectivity index is 2.24. The molecule has 0 heterocycles. The van der Waals surface area contributed by atoms with Gasteiger partial charge in [-0.2, -0.15) is 0 Å². The molecule has 0 amide bonds. The monoisotopic (exact) mass is 335 g/mol. The van der Waals surface area contributed by atoms with Crippen molar-refractivity contribution in [3.8, 4) is 0 Å². The highest BCUT2D eigenvalue weighted by molar-refractivity contribution is 9.10. The van der Waals surface area contributed by atoms with Crippen molar-refractivity contribution in [1.82, 2.24) is 5.32 Å². The SMILES string of the molecule is CNC(C)c1ccc(Sc2ccccc2C)cc1Br. The third kappa shape index (κ3) is 3.62. The van der Waals surface area contributed by atoms with E-state index in [9.17, 15) is 0 Å². The summed E-state index contributed by atoms with van der Waals surface area (Å²) in [4.78, 5) is 2.57. The summed E-state index contributed by atoms with van der Waals surface area (Å²) < 4.78 is 1.16. The van der Waals surface area contributed by atoms with E-state index in [0.29, 0.717) is 6.04 Å². The minimum Gasteiger partial charge on any atom is -0.313 e. The van der Waals surface area contributed by atoms with Crippen molar-refractivity contribution in [2.75, 3.05) is 7.05 Å². The van der Waals surface area contributed by atoms with Gasteiger partial charge in [0, 0.05) is 20.3 Å². The summed E-state index contributed by atoms with van der Waals surface area (Å²) in [6.07, 6.45) is 0. The Morgan fingerprint density at radius 2 is 1.89 bits per heavy atom. The van der Waals surface area contributed by atoms with Gasteiger partial charge in [0.05, 0.1) is 0 Å². The van der Waals surface area contributed by atoms with Crippen LogP contribution in [0.2, 0.25) is 0 Å². The molecule has 0 saturated heterocycles. The van der Waals surface area contributed by atoms with E-state index in [1.165, 1.54) is 20.9 Å². The number of aryl methyl sites for hydroxylation is 1. The maximum atomic E-state index is 3.67. The van der Waals surface area contributed by atoms with Crippen LogP contribution in [-0.4, -0.2) is 7.05 Å². The Morgan fingerprint density at radius 3 is 2.53 bits per heavy atom. The zero-order valence-corrected chi connectivity index (χ0v) is 13.8. The molecule has 0 aliphatic heterocycles. The lowest BCUT2D eigenvalue weighted by Gasteiger charge is -2.14. The smallest absolute Gasteiger partial charge is 0.0300 e. The number of benzene rings is 2. The van der Waals surface area contributed by atoms with Crippen LogP contribution in [0.3, 0.4) is 0 Å². The van der Waals surface area contributed by atoms with Gasteiger partial charge in [-0.1, -0.05) is 52.0 Å². The molecule has 2 aromatic rings. The first kappa shape index (κ1) is 14.6. The average Bonchev–Trinajstić information content (AvgIpc) is 2.41. The lowest BCUT2D eigenvalue weighted by molar-refractivity contribution is 0.649. The van der Waals surface area contributed by atoms with E-state index in [4.69, 9.17) is 0 Å². The van der Waals surface area contributed by atoms with Crippen molar-refractivity contribution in [2.45, 2.75) is 29.7 Å². The van der Waals surface area contributed by atoms with E-state index in [-0.39, 0.29) is 0 Å². The minimum absolute atomic E-state index is 0.354. The number of hydrogen-bond acceptors (Lipinski definition) is 2. The van der Waals surface area contributed by atoms with Crippen LogP contribution in [0.25, 0.3) is 0 Å². The van der Waals surface area contributed by atoms with Gasteiger partial charge in [0.1, 0.15) is 0 Å². The van der Waals surface area contributed by atoms with Gasteiger partial charge in [-0.3, -0.25) is 0 Å². The molecule has 0 aliphatic rings. The predicted octanol–water partition coefficient (Wildman–Crippen LogP) is 5.19. The van der Waals surface area contributed by atoms with Crippen molar-refractivity contribution in [2.24, 2.45) is 0 Å². The van der Waals surface area contributed by atoms with Crippen molar-refractivity contribution in [1.29, 1.82) is 0 Å². The van der Waals surface area contributed by atoms with Crippen molar-refractivity contribution in [3.63, 3.8) is 0 Å². The molecule has 0 saturated carbocycles. The fourth-order valence-electron chi connectivity index (χ4n) is 1.88. The highest BCUT2D eigenvalue weighted by Gasteiger charge is 2.08. The molecule has 0 fully saturated rings. The lowest BCUT2D eigenvalue weighted by atomic mass is 10.1. The number of rotatable bonds is 4. The molecule has 0 aromatic heterocycles. The van der Waals surface area contributed by atoms with Gasteiger partial charge in [-0.25, -0.2) is 0 Å². The van der Waals surface area contributed by atoms with Gasteiger partial charge < -0.3 is 5.32 Å². The summed E-state index contributed by atoms with van der Waals surface area (Å²) in [6.45, 7) is 4.31. The van der Waals surface area contributed by atoms with Crippen LogP contribution < -0.4 is 5.32 Å². The first-order valence-electron chi connectivity index (χ1n) is 6.32. The Kier molecular flexibility index (Phi) is 5.08. The maximum Gasteiger partial charge on any atom is 0.0300 e. The van der Waals surface area contributed by atoms with Gasteiger partial charge in [-0.05, 0) is 50.2 Å². The van der Waals surface area contributed by atoms with E-state index >= 15 is 0 Å². The van der Waals surface area contributed by atoms with Crippen molar-refractivity contribution in [3.05, 3.63) is 58.1 Å². The maximum absolute atomic E-state index is 3.67. The van der Waals surface area contributed by atoms with Crippen LogP contribution >= 0.6 is 27.7 Å². The molecule has 1 nitrogen and oxygen atoms in total. The molecule has 1 atom stereocenters. The van der Waals surface area contributed by atoms with E-state index in [2.05, 4.69) is 77.6 Å². The fourth-order valence-corrected chi connectivity index (χ4v) is 3.69. The summed E-state index contributed by atoms with van der Waals surface area (Å²) in [5, 5.41) is 3.26. The minimum atomic E-state index is 0.354. The summed E-state index contributed by atoms with van der Waals surface area (Å²) in [5.74, 6) is 0. The molecule has 100 valence electrons. The molecule has 0 spiro atoms. The normalized spacial score (nSPS) is 12.4. The average molecular weight is 336 g/mol.